The topological polar surface area (TPSA) is 147 Å². The molecule has 0 aliphatic rings. The second-order valence-electron chi connectivity index (χ2n) is 8.08. The highest BCUT2D eigenvalue weighted by molar-refractivity contribution is 6.01. The van der Waals surface area contributed by atoms with Gasteiger partial charge in [-0.25, -0.2) is 4.79 Å². The van der Waals surface area contributed by atoms with Crippen molar-refractivity contribution >= 4 is 29.1 Å². The summed E-state index contributed by atoms with van der Waals surface area (Å²) in [6.07, 6.45) is 1.51. The number of ether oxygens (including phenoxy) is 2. The first-order valence-corrected chi connectivity index (χ1v) is 11.5. The number of anilines is 3. The standard InChI is InChI=1S/C28H28N4O5/c1-19(9-14-26(34)32-25-8-3-2-7-24(25)30)27(21-5-4-6-23(17-21)36-16-15-33)37-28(35)31-22-12-10-20(18-29)11-13-22/h2-14,17,19,27,33H,15-16,30H2,1H3,(H,31,35)(H,32,34)/b14-9+/t19-,27-/m0/s1. The molecule has 190 valence electrons. The van der Waals surface area contributed by atoms with Crippen LogP contribution in [-0.2, 0) is 9.53 Å². The predicted molar refractivity (Wildman–Crippen MR) is 141 cm³/mol. The summed E-state index contributed by atoms with van der Waals surface area (Å²) < 4.78 is 11.3. The lowest BCUT2D eigenvalue weighted by Gasteiger charge is -2.23. The normalized spacial score (nSPS) is 12.2. The molecule has 0 aromatic heterocycles. The predicted octanol–water partition coefficient (Wildman–Crippen LogP) is 4.63. The molecule has 2 atom stereocenters. The summed E-state index contributed by atoms with van der Waals surface area (Å²) in [6.45, 7) is 1.78. The number of aliphatic hydroxyl groups excluding tert-OH is 1. The van der Waals surface area contributed by atoms with E-state index in [2.05, 4.69) is 10.6 Å². The lowest BCUT2D eigenvalue weighted by molar-refractivity contribution is -0.111. The van der Waals surface area contributed by atoms with Crippen molar-refractivity contribution in [1.82, 2.24) is 0 Å². The van der Waals surface area contributed by atoms with Gasteiger partial charge in [-0.3, -0.25) is 10.1 Å². The molecular formula is C28H28N4O5. The smallest absolute Gasteiger partial charge is 0.412 e. The van der Waals surface area contributed by atoms with Crippen LogP contribution in [0.3, 0.4) is 0 Å². The second kappa shape index (κ2) is 13.3. The van der Waals surface area contributed by atoms with E-state index in [0.717, 1.165) is 0 Å². The number of carbonyl (C=O) groups is 2. The molecule has 3 rings (SSSR count). The number of nitriles is 1. The van der Waals surface area contributed by atoms with Crippen LogP contribution in [0, 0.1) is 17.2 Å². The third-order valence-corrected chi connectivity index (χ3v) is 5.29. The molecule has 37 heavy (non-hydrogen) atoms. The number of nitrogens with zero attached hydrogens (tertiary/aromatic N) is 1. The third kappa shape index (κ3) is 8.13. The van der Waals surface area contributed by atoms with E-state index in [9.17, 15) is 9.59 Å². The fourth-order valence-electron chi connectivity index (χ4n) is 3.44. The van der Waals surface area contributed by atoms with Crippen LogP contribution in [-0.4, -0.2) is 30.3 Å². The van der Waals surface area contributed by atoms with Gasteiger partial charge in [0.05, 0.1) is 29.6 Å². The van der Waals surface area contributed by atoms with Crippen molar-refractivity contribution in [2.45, 2.75) is 13.0 Å². The highest BCUT2D eigenvalue weighted by atomic mass is 16.6. The van der Waals surface area contributed by atoms with Crippen molar-refractivity contribution in [3.63, 3.8) is 0 Å². The number of rotatable bonds is 10. The van der Waals surface area contributed by atoms with Gasteiger partial charge in [0.15, 0.2) is 0 Å². The molecule has 0 unspecified atom stereocenters. The number of nitrogens with two attached hydrogens (primary N) is 1. The summed E-state index contributed by atoms with van der Waals surface area (Å²) in [6, 6.07) is 22.3. The SMILES string of the molecule is C[C@@H](/C=C/C(=O)Nc1ccccc1N)[C@H](OC(=O)Nc1ccc(C#N)cc1)c1cccc(OCCO)c1. The summed E-state index contributed by atoms with van der Waals surface area (Å²) in [5.74, 6) is -0.301. The molecule has 5 N–H and O–H groups in total. The molecule has 0 heterocycles. The Balaban J connectivity index is 1.77. The van der Waals surface area contributed by atoms with Crippen LogP contribution in [0.25, 0.3) is 0 Å². The van der Waals surface area contributed by atoms with E-state index < -0.39 is 18.1 Å². The van der Waals surface area contributed by atoms with Crippen molar-refractivity contribution in [1.29, 1.82) is 5.26 Å². The van der Waals surface area contributed by atoms with Crippen LogP contribution in [0.2, 0.25) is 0 Å². The molecular weight excluding hydrogens is 472 g/mol. The summed E-state index contributed by atoms with van der Waals surface area (Å²) in [7, 11) is 0. The molecule has 0 saturated carbocycles. The van der Waals surface area contributed by atoms with Crippen LogP contribution in [0.15, 0.2) is 84.9 Å². The zero-order valence-electron chi connectivity index (χ0n) is 20.3. The molecule has 2 amide bonds. The minimum Gasteiger partial charge on any atom is -0.491 e. The van der Waals surface area contributed by atoms with E-state index in [0.29, 0.717) is 33.9 Å². The van der Waals surface area contributed by atoms with Crippen LogP contribution in [0.1, 0.15) is 24.2 Å². The van der Waals surface area contributed by atoms with Crippen LogP contribution in [0.4, 0.5) is 21.9 Å². The molecule has 0 spiro atoms. The fourth-order valence-corrected chi connectivity index (χ4v) is 3.44. The number of hydrogen-bond acceptors (Lipinski definition) is 7. The summed E-state index contributed by atoms with van der Waals surface area (Å²) >= 11 is 0. The van der Waals surface area contributed by atoms with Crippen LogP contribution < -0.4 is 21.1 Å². The van der Waals surface area contributed by atoms with E-state index in [4.69, 9.17) is 25.6 Å². The van der Waals surface area contributed by atoms with E-state index in [-0.39, 0.29) is 19.1 Å². The lowest BCUT2D eigenvalue weighted by atomic mass is 9.96. The van der Waals surface area contributed by atoms with E-state index >= 15 is 0 Å². The highest BCUT2D eigenvalue weighted by Crippen LogP contribution is 2.30. The summed E-state index contributed by atoms with van der Waals surface area (Å²) in [4.78, 5) is 25.2. The van der Waals surface area contributed by atoms with Crippen molar-refractivity contribution in [2.24, 2.45) is 5.92 Å². The maximum atomic E-state index is 12.7. The number of nitrogen functional groups attached to an aromatic ring is 1. The van der Waals surface area contributed by atoms with Gasteiger partial charge in [0.2, 0.25) is 5.91 Å². The number of hydrogen-bond donors (Lipinski definition) is 4. The Bertz CT molecular complexity index is 1280. The molecule has 3 aromatic rings. The van der Waals surface area contributed by atoms with Gasteiger partial charge in [-0.15, -0.1) is 0 Å². The number of para-hydroxylation sites is 2. The Labute approximate surface area is 215 Å². The molecule has 0 aliphatic carbocycles. The summed E-state index contributed by atoms with van der Waals surface area (Å²) in [5, 5.41) is 23.4. The van der Waals surface area contributed by atoms with Crippen molar-refractivity contribution in [2.75, 3.05) is 29.6 Å². The molecule has 0 bridgehead atoms. The van der Waals surface area contributed by atoms with Gasteiger partial charge in [-0.2, -0.15) is 5.26 Å². The van der Waals surface area contributed by atoms with Gasteiger partial charge in [-0.1, -0.05) is 37.3 Å². The van der Waals surface area contributed by atoms with E-state index in [1.807, 2.05) is 13.0 Å². The zero-order valence-corrected chi connectivity index (χ0v) is 20.3. The lowest BCUT2D eigenvalue weighted by Crippen LogP contribution is -2.21. The number of nitrogens with one attached hydrogen (secondary N) is 2. The van der Waals surface area contributed by atoms with E-state index in [1.54, 1.807) is 78.9 Å². The Morgan fingerprint density at radius 2 is 1.84 bits per heavy atom. The van der Waals surface area contributed by atoms with E-state index in [1.165, 1.54) is 6.08 Å². The maximum Gasteiger partial charge on any atom is 0.412 e. The summed E-state index contributed by atoms with van der Waals surface area (Å²) in [5.41, 5.74) is 8.38. The average molecular weight is 501 g/mol. The van der Waals surface area contributed by atoms with Gasteiger partial charge in [0, 0.05) is 11.6 Å². The average Bonchev–Trinajstić information content (AvgIpc) is 2.91. The van der Waals surface area contributed by atoms with Gasteiger partial charge in [0.1, 0.15) is 18.5 Å². The Morgan fingerprint density at radius 3 is 2.54 bits per heavy atom. The zero-order chi connectivity index (χ0) is 26.6. The van der Waals surface area contributed by atoms with Crippen molar-refractivity contribution in [3.05, 3.63) is 96.1 Å². The first kappa shape index (κ1) is 26.8. The minimum atomic E-state index is -0.776. The number of amides is 2. The molecule has 0 saturated heterocycles. The number of carbonyl (C=O) groups excluding carboxylic acids is 2. The Morgan fingerprint density at radius 1 is 1.08 bits per heavy atom. The largest absolute Gasteiger partial charge is 0.491 e. The Hall–Kier alpha value is -4.81. The number of aliphatic hydroxyl groups is 1. The fraction of sp³-hybridized carbons (Fsp3) is 0.179. The molecule has 9 heteroatoms. The quantitative estimate of drug-likeness (QED) is 0.234. The van der Waals surface area contributed by atoms with Crippen LogP contribution in [0.5, 0.6) is 5.75 Å². The van der Waals surface area contributed by atoms with Gasteiger partial charge < -0.3 is 25.6 Å². The Kier molecular flexibility index (Phi) is 9.65. The molecule has 9 nitrogen and oxygen atoms in total. The molecule has 0 aliphatic heterocycles. The molecule has 0 fully saturated rings. The number of benzene rings is 3. The monoisotopic (exact) mass is 500 g/mol. The molecule has 0 radical (unpaired) electrons. The molecule has 3 aromatic carbocycles. The van der Waals surface area contributed by atoms with Crippen LogP contribution >= 0.6 is 0 Å². The second-order valence-corrected chi connectivity index (χ2v) is 8.08. The minimum absolute atomic E-state index is 0.117. The van der Waals surface area contributed by atoms with Gasteiger partial charge in [0.25, 0.3) is 0 Å². The first-order valence-electron chi connectivity index (χ1n) is 11.5. The highest BCUT2D eigenvalue weighted by Gasteiger charge is 2.23. The van der Waals surface area contributed by atoms with Gasteiger partial charge >= 0.3 is 6.09 Å². The van der Waals surface area contributed by atoms with Crippen molar-refractivity contribution in [3.8, 4) is 11.8 Å². The van der Waals surface area contributed by atoms with Gasteiger partial charge in [-0.05, 0) is 60.2 Å². The first-order chi connectivity index (χ1) is 17.9. The third-order valence-electron chi connectivity index (χ3n) is 5.29. The van der Waals surface area contributed by atoms with Crippen molar-refractivity contribution < 1.29 is 24.2 Å². The maximum absolute atomic E-state index is 12.7.